The summed E-state index contributed by atoms with van der Waals surface area (Å²) in [5, 5.41) is 3.35. The lowest BCUT2D eigenvalue weighted by atomic mass is 10.0. The van der Waals surface area contributed by atoms with Gasteiger partial charge in [0.15, 0.2) is 0 Å². The van der Waals surface area contributed by atoms with Crippen molar-refractivity contribution in [2.75, 3.05) is 26.7 Å². The highest BCUT2D eigenvalue weighted by molar-refractivity contribution is 7.11. The Balaban J connectivity index is 1.93. The lowest BCUT2D eigenvalue weighted by Crippen LogP contribution is -2.48. The second-order valence-electron chi connectivity index (χ2n) is 4.83. The van der Waals surface area contributed by atoms with Crippen LogP contribution in [0.1, 0.15) is 21.3 Å². The topological polar surface area (TPSA) is 54.5 Å². The van der Waals surface area contributed by atoms with Crippen molar-refractivity contribution < 1.29 is 9.53 Å². The molecule has 6 heteroatoms. The van der Waals surface area contributed by atoms with Crippen LogP contribution >= 0.6 is 11.3 Å². The predicted octanol–water partition coefficient (Wildman–Crippen LogP) is 1.94. The SMILES string of the molecule is COc1ccccc1C1CNCCN1C(=O)c1cncs1. The molecule has 1 aromatic heterocycles. The third-order valence-corrected chi connectivity index (χ3v) is 4.41. The van der Waals surface area contributed by atoms with Gasteiger partial charge < -0.3 is 15.0 Å². The van der Waals surface area contributed by atoms with E-state index in [0.717, 1.165) is 24.4 Å². The summed E-state index contributed by atoms with van der Waals surface area (Å²) in [5.74, 6) is 0.850. The summed E-state index contributed by atoms with van der Waals surface area (Å²) in [6.07, 6.45) is 1.63. The highest BCUT2D eigenvalue weighted by Crippen LogP contribution is 2.31. The zero-order chi connectivity index (χ0) is 14.7. The van der Waals surface area contributed by atoms with Gasteiger partial charge in [0, 0.05) is 25.2 Å². The molecule has 1 fully saturated rings. The average molecular weight is 303 g/mol. The number of amides is 1. The van der Waals surface area contributed by atoms with E-state index in [1.807, 2.05) is 29.2 Å². The fourth-order valence-electron chi connectivity index (χ4n) is 2.63. The zero-order valence-electron chi connectivity index (χ0n) is 11.8. The molecule has 0 radical (unpaired) electrons. The number of carbonyl (C=O) groups excluding carboxylic acids is 1. The second kappa shape index (κ2) is 6.24. The van der Waals surface area contributed by atoms with E-state index in [0.29, 0.717) is 11.4 Å². The molecular formula is C15H17N3O2S. The minimum Gasteiger partial charge on any atom is -0.496 e. The number of methoxy groups -OCH3 is 1. The lowest BCUT2D eigenvalue weighted by Gasteiger charge is -2.36. The number of benzene rings is 1. The van der Waals surface area contributed by atoms with E-state index in [9.17, 15) is 4.79 Å². The van der Waals surface area contributed by atoms with Gasteiger partial charge in [-0.1, -0.05) is 18.2 Å². The molecule has 5 nitrogen and oxygen atoms in total. The molecule has 1 saturated heterocycles. The van der Waals surface area contributed by atoms with Crippen molar-refractivity contribution in [3.05, 3.63) is 46.4 Å². The predicted molar refractivity (Wildman–Crippen MR) is 81.8 cm³/mol. The van der Waals surface area contributed by atoms with E-state index in [1.54, 1.807) is 18.8 Å². The number of ether oxygens (including phenoxy) is 1. The minimum absolute atomic E-state index is 0.0236. The molecule has 21 heavy (non-hydrogen) atoms. The molecule has 2 heterocycles. The van der Waals surface area contributed by atoms with Crippen LogP contribution in [0.5, 0.6) is 5.75 Å². The molecule has 0 bridgehead atoms. The van der Waals surface area contributed by atoms with Gasteiger partial charge in [-0.2, -0.15) is 0 Å². The Morgan fingerprint density at radius 1 is 1.48 bits per heavy atom. The van der Waals surface area contributed by atoms with E-state index >= 15 is 0 Å². The van der Waals surface area contributed by atoms with Gasteiger partial charge in [0.05, 0.1) is 24.9 Å². The van der Waals surface area contributed by atoms with Crippen LogP contribution in [0.4, 0.5) is 0 Å². The maximum absolute atomic E-state index is 12.7. The van der Waals surface area contributed by atoms with Gasteiger partial charge in [-0.15, -0.1) is 11.3 Å². The minimum atomic E-state index is -0.0236. The first-order valence-electron chi connectivity index (χ1n) is 6.84. The summed E-state index contributed by atoms with van der Waals surface area (Å²) in [7, 11) is 1.66. The van der Waals surface area contributed by atoms with Gasteiger partial charge in [0.2, 0.25) is 0 Å². The second-order valence-corrected chi connectivity index (χ2v) is 5.71. The molecular weight excluding hydrogens is 286 g/mol. The van der Waals surface area contributed by atoms with Crippen molar-refractivity contribution in [3.8, 4) is 5.75 Å². The Kier molecular flexibility index (Phi) is 4.17. The molecule has 1 N–H and O–H groups in total. The maximum Gasteiger partial charge on any atom is 0.266 e. The highest BCUT2D eigenvalue weighted by atomic mass is 32.1. The summed E-state index contributed by atoms with van der Waals surface area (Å²) in [5.41, 5.74) is 2.72. The average Bonchev–Trinajstić information content (AvgIpc) is 3.08. The molecule has 3 rings (SSSR count). The molecule has 1 amide bonds. The molecule has 1 atom stereocenters. The third kappa shape index (κ3) is 2.77. The Morgan fingerprint density at radius 3 is 3.10 bits per heavy atom. The van der Waals surface area contributed by atoms with Crippen LogP contribution in [0.15, 0.2) is 36.0 Å². The smallest absolute Gasteiger partial charge is 0.266 e. The van der Waals surface area contributed by atoms with Gasteiger partial charge in [-0.3, -0.25) is 9.78 Å². The van der Waals surface area contributed by atoms with E-state index in [-0.39, 0.29) is 11.9 Å². The normalized spacial score (nSPS) is 18.5. The number of hydrogen-bond donors (Lipinski definition) is 1. The molecule has 1 aliphatic rings. The van der Waals surface area contributed by atoms with Crippen molar-refractivity contribution >= 4 is 17.2 Å². The van der Waals surface area contributed by atoms with Gasteiger partial charge in [-0.25, -0.2) is 0 Å². The Morgan fingerprint density at radius 2 is 2.33 bits per heavy atom. The summed E-state index contributed by atoms with van der Waals surface area (Å²) in [6.45, 7) is 2.21. The van der Waals surface area contributed by atoms with Crippen LogP contribution in [0, 0.1) is 0 Å². The molecule has 0 spiro atoms. The molecule has 1 aromatic carbocycles. The van der Waals surface area contributed by atoms with Crippen LogP contribution in [0.2, 0.25) is 0 Å². The number of nitrogens with one attached hydrogen (secondary N) is 1. The van der Waals surface area contributed by atoms with Gasteiger partial charge in [-0.05, 0) is 6.07 Å². The van der Waals surface area contributed by atoms with E-state index in [1.165, 1.54) is 11.3 Å². The van der Waals surface area contributed by atoms with Crippen LogP contribution in [-0.2, 0) is 0 Å². The summed E-state index contributed by atoms with van der Waals surface area (Å²) in [4.78, 5) is 19.3. The molecule has 1 aliphatic heterocycles. The number of nitrogens with zero attached hydrogens (tertiary/aromatic N) is 2. The van der Waals surface area contributed by atoms with E-state index in [4.69, 9.17) is 4.74 Å². The Bertz CT molecular complexity index is 615. The van der Waals surface area contributed by atoms with Crippen molar-refractivity contribution in [2.24, 2.45) is 0 Å². The van der Waals surface area contributed by atoms with Gasteiger partial charge in [0.1, 0.15) is 10.6 Å². The first-order chi connectivity index (χ1) is 10.3. The van der Waals surface area contributed by atoms with Crippen molar-refractivity contribution in [2.45, 2.75) is 6.04 Å². The first kappa shape index (κ1) is 14.0. The molecule has 0 saturated carbocycles. The van der Waals surface area contributed by atoms with Crippen LogP contribution < -0.4 is 10.1 Å². The van der Waals surface area contributed by atoms with Gasteiger partial charge in [0.25, 0.3) is 5.91 Å². The molecule has 110 valence electrons. The van der Waals surface area contributed by atoms with E-state index in [2.05, 4.69) is 10.3 Å². The maximum atomic E-state index is 12.7. The van der Waals surface area contributed by atoms with Crippen molar-refractivity contribution in [1.82, 2.24) is 15.2 Å². The fraction of sp³-hybridized carbons (Fsp3) is 0.333. The first-order valence-corrected chi connectivity index (χ1v) is 7.72. The van der Waals surface area contributed by atoms with Crippen LogP contribution in [0.25, 0.3) is 0 Å². The van der Waals surface area contributed by atoms with Crippen molar-refractivity contribution in [3.63, 3.8) is 0 Å². The Labute approximate surface area is 127 Å². The third-order valence-electron chi connectivity index (χ3n) is 3.65. The zero-order valence-corrected chi connectivity index (χ0v) is 12.6. The molecule has 2 aromatic rings. The Hall–Kier alpha value is -1.92. The number of thiazole rings is 1. The van der Waals surface area contributed by atoms with Crippen LogP contribution in [-0.4, -0.2) is 42.5 Å². The number of carbonyl (C=O) groups is 1. The number of hydrogen-bond acceptors (Lipinski definition) is 5. The quantitative estimate of drug-likeness (QED) is 0.941. The monoisotopic (exact) mass is 303 g/mol. The summed E-state index contributed by atoms with van der Waals surface area (Å²) in [6, 6.07) is 7.84. The summed E-state index contributed by atoms with van der Waals surface area (Å²) < 4.78 is 5.44. The summed E-state index contributed by atoms with van der Waals surface area (Å²) >= 11 is 1.38. The molecule has 1 unspecified atom stereocenters. The van der Waals surface area contributed by atoms with Gasteiger partial charge >= 0.3 is 0 Å². The number of piperazine rings is 1. The number of rotatable bonds is 3. The van der Waals surface area contributed by atoms with E-state index < -0.39 is 0 Å². The highest BCUT2D eigenvalue weighted by Gasteiger charge is 2.30. The van der Waals surface area contributed by atoms with Crippen molar-refractivity contribution in [1.29, 1.82) is 0 Å². The molecule has 0 aliphatic carbocycles. The number of aromatic nitrogens is 1. The van der Waals surface area contributed by atoms with Crippen LogP contribution in [0.3, 0.4) is 0 Å². The largest absolute Gasteiger partial charge is 0.496 e. The lowest BCUT2D eigenvalue weighted by molar-refractivity contribution is 0.0636. The fourth-order valence-corrected chi connectivity index (χ4v) is 3.20. The number of para-hydroxylation sites is 1. The standard InChI is InChI=1S/C15H17N3O2S/c1-20-13-5-3-2-4-11(13)12-8-16-6-7-18(12)15(19)14-9-17-10-21-14/h2-5,9-10,12,16H,6-8H2,1H3.